The van der Waals surface area contributed by atoms with Crippen LogP contribution in [0.5, 0.6) is 5.75 Å². The second kappa shape index (κ2) is 16.4. The molecule has 33 heavy (non-hydrogen) atoms. The summed E-state index contributed by atoms with van der Waals surface area (Å²) in [4.78, 5) is 21.3. The molecule has 182 valence electrons. The van der Waals surface area contributed by atoms with E-state index in [2.05, 4.69) is 23.8 Å². The number of ether oxygens (including phenoxy) is 2. The van der Waals surface area contributed by atoms with Crippen LogP contribution in [-0.2, 0) is 16.0 Å². The van der Waals surface area contributed by atoms with Gasteiger partial charge in [0, 0.05) is 24.6 Å². The number of aromatic nitrogens is 2. The van der Waals surface area contributed by atoms with Crippen molar-refractivity contribution in [2.24, 2.45) is 5.92 Å². The number of rotatable bonds is 17. The number of carbonyl (C=O) groups excluding carboxylic acids is 1. The highest BCUT2D eigenvalue weighted by Gasteiger charge is 2.16. The number of carbonyl (C=O) groups is 1. The molecule has 1 unspecified atom stereocenters. The second-order valence-corrected chi connectivity index (χ2v) is 8.91. The number of hydrogen-bond donors (Lipinski definition) is 0. The molecule has 0 spiro atoms. The molecule has 1 atom stereocenters. The molecule has 0 fully saturated rings. The van der Waals surface area contributed by atoms with Crippen molar-refractivity contribution in [1.82, 2.24) is 9.97 Å². The van der Waals surface area contributed by atoms with Crippen LogP contribution in [0.25, 0.3) is 11.4 Å². The molecule has 0 aliphatic rings. The highest BCUT2D eigenvalue weighted by molar-refractivity contribution is 5.75. The number of esters is 1. The monoisotopic (exact) mass is 454 g/mol. The minimum absolute atomic E-state index is 0.274. The first-order chi connectivity index (χ1) is 16.1. The Balaban J connectivity index is 1.73. The van der Waals surface area contributed by atoms with E-state index in [1.165, 1.54) is 50.5 Å². The predicted octanol–water partition coefficient (Wildman–Crippen LogP) is 7.19. The van der Waals surface area contributed by atoms with Crippen LogP contribution in [0.15, 0.2) is 36.7 Å². The van der Waals surface area contributed by atoms with Crippen LogP contribution in [0.1, 0.15) is 90.5 Å². The molecule has 5 nitrogen and oxygen atoms in total. The highest BCUT2D eigenvalue weighted by Crippen LogP contribution is 2.20. The van der Waals surface area contributed by atoms with Crippen LogP contribution in [0, 0.1) is 5.92 Å². The topological polar surface area (TPSA) is 61.3 Å². The molecule has 0 aliphatic heterocycles. The summed E-state index contributed by atoms with van der Waals surface area (Å²) in [5.74, 6) is 0.643. The van der Waals surface area contributed by atoms with E-state index in [0.29, 0.717) is 24.8 Å². The Bertz CT molecular complexity index is 775. The Morgan fingerprint density at radius 3 is 2.12 bits per heavy atom. The smallest absolute Gasteiger partial charge is 0.316 e. The predicted molar refractivity (Wildman–Crippen MR) is 134 cm³/mol. The van der Waals surface area contributed by atoms with Crippen molar-refractivity contribution in [2.75, 3.05) is 13.2 Å². The largest absolute Gasteiger partial charge is 0.426 e. The number of aryl methyl sites for hydroxylation is 1. The summed E-state index contributed by atoms with van der Waals surface area (Å²) < 4.78 is 11.1. The van der Waals surface area contributed by atoms with Gasteiger partial charge in [-0.25, -0.2) is 9.97 Å². The zero-order chi connectivity index (χ0) is 23.7. The highest BCUT2D eigenvalue weighted by atomic mass is 16.5. The lowest BCUT2D eigenvalue weighted by Crippen LogP contribution is -2.22. The Morgan fingerprint density at radius 1 is 0.848 bits per heavy atom. The minimum Gasteiger partial charge on any atom is -0.426 e. The molecule has 0 amide bonds. The molecule has 2 aromatic rings. The maximum Gasteiger partial charge on any atom is 0.316 e. The lowest BCUT2D eigenvalue weighted by atomic mass is 10.1. The molecule has 0 saturated heterocycles. The van der Waals surface area contributed by atoms with Crippen LogP contribution in [0.4, 0.5) is 0 Å². The fourth-order valence-electron chi connectivity index (χ4n) is 3.59. The molecule has 0 saturated carbocycles. The van der Waals surface area contributed by atoms with Gasteiger partial charge in [0.05, 0.1) is 12.5 Å². The third-order valence-corrected chi connectivity index (χ3v) is 5.77. The van der Waals surface area contributed by atoms with Gasteiger partial charge in [-0.2, -0.15) is 0 Å². The number of nitrogens with zero attached hydrogens (tertiary/aromatic N) is 2. The summed E-state index contributed by atoms with van der Waals surface area (Å²) in [6.45, 7) is 7.32. The average molecular weight is 455 g/mol. The third kappa shape index (κ3) is 10.9. The van der Waals surface area contributed by atoms with E-state index in [1.807, 2.05) is 31.5 Å². The molecular formula is C28H42N2O3. The van der Waals surface area contributed by atoms with Crippen molar-refractivity contribution < 1.29 is 14.3 Å². The molecule has 1 aromatic heterocycles. The van der Waals surface area contributed by atoms with E-state index >= 15 is 0 Å². The van der Waals surface area contributed by atoms with E-state index < -0.39 is 0 Å². The molecule has 0 N–H and O–H groups in total. The third-order valence-electron chi connectivity index (χ3n) is 5.77. The van der Waals surface area contributed by atoms with Crippen molar-refractivity contribution in [1.29, 1.82) is 0 Å². The molecule has 2 rings (SSSR count). The summed E-state index contributed by atoms with van der Waals surface area (Å²) in [6, 6.07) is 7.36. The van der Waals surface area contributed by atoms with Gasteiger partial charge in [0.1, 0.15) is 5.75 Å². The van der Waals surface area contributed by atoms with Crippen molar-refractivity contribution >= 4 is 5.97 Å². The molecule has 0 aliphatic carbocycles. The van der Waals surface area contributed by atoms with Gasteiger partial charge in [-0.15, -0.1) is 0 Å². The molecule has 1 aromatic carbocycles. The van der Waals surface area contributed by atoms with E-state index in [4.69, 9.17) is 9.47 Å². The SMILES string of the molecule is CCCCCCCCCc1cnc(-c2ccc(OC(=O)C(C)COCCCCC)cc2)nc1. The van der Waals surface area contributed by atoms with Crippen LogP contribution in [0.2, 0.25) is 0 Å². The first kappa shape index (κ1) is 27.0. The Labute approximate surface area is 200 Å². The number of hydrogen-bond acceptors (Lipinski definition) is 5. The molecule has 1 heterocycles. The number of benzene rings is 1. The van der Waals surface area contributed by atoms with Crippen molar-refractivity contribution in [2.45, 2.75) is 91.4 Å². The van der Waals surface area contributed by atoms with Gasteiger partial charge in [-0.05, 0) is 56.0 Å². The Hall–Kier alpha value is -2.27. The van der Waals surface area contributed by atoms with Crippen LogP contribution in [0.3, 0.4) is 0 Å². The average Bonchev–Trinajstić information content (AvgIpc) is 2.84. The molecule has 0 bridgehead atoms. The standard InChI is InChI=1S/C28H42N2O3/c1-4-6-8-9-10-11-12-14-24-20-29-27(30-21-24)25-15-17-26(18-16-25)33-28(31)23(3)22-32-19-13-7-5-2/h15-18,20-21,23H,4-14,19,22H2,1-3H3. The lowest BCUT2D eigenvalue weighted by molar-refractivity contribution is -0.140. The number of unbranched alkanes of at least 4 members (excludes halogenated alkanes) is 8. The van der Waals surface area contributed by atoms with Crippen molar-refractivity contribution in [3.63, 3.8) is 0 Å². The Morgan fingerprint density at radius 2 is 1.45 bits per heavy atom. The first-order valence-corrected chi connectivity index (χ1v) is 12.8. The van der Waals surface area contributed by atoms with E-state index in [1.54, 1.807) is 12.1 Å². The van der Waals surface area contributed by atoms with Gasteiger partial charge in [0.15, 0.2) is 5.82 Å². The Kier molecular flexibility index (Phi) is 13.4. The van der Waals surface area contributed by atoms with Gasteiger partial charge in [0.25, 0.3) is 0 Å². The van der Waals surface area contributed by atoms with Gasteiger partial charge < -0.3 is 9.47 Å². The summed E-state index contributed by atoms with van der Waals surface area (Å²) in [5.41, 5.74) is 2.09. The van der Waals surface area contributed by atoms with E-state index in [9.17, 15) is 4.79 Å². The fraction of sp³-hybridized carbons (Fsp3) is 0.607. The molecule has 0 radical (unpaired) electrons. The summed E-state index contributed by atoms with van der Waals surface area (Å²) >= 11 is 0. The van der Waals surface area contributed by atoms with Gasteiger partial charge in [-0.1, -0.05) is 65.2 Å². The minimum atomic E-state index is -0.293. The van der Waals surface area contributed by atoms with E-state index in [0.717, 1.165) is 31.2 Å². The fourth-order valence-corrected chi connectivity index (χ4v) is 3.59. The molecular weight excluding hydrogens is 412 g/mol. The van der Waals surface area contributed by atoms with Crippen LogP contribution < -0.4 is 4.74 Å². The van der Waals surface area contributed by atoms with E-state index in [-0.39, 0.29) is 11.9 Å². The molecule has 5 heteroatoms. The van der Waals surface area contributed by atoms with Crippen LogP contribution >= 0.6 is 0 Å². The summed E-state index contributed by atoms with van der Waals surface area (Å²) in [6.07, 6.45) is 17.4. The zero-order valence-corrected chi connectivity index (χ0v) is 20.9. The second-order valence-electron chi connectivity index (χ2n) is 8.91. The van der Waals surface area contributed by atoms with Gasteiger partial charge in [-0.3, -0.25) is 4.79 Å². The summed E-state index contributed by atoms with van der Waals surface area (Å²) in [7, 11) is 0. The van der Waals surface area contributed by atoms with Crippen molar-refractivity contribution in [3.8, 4) is 17.1 Å². The maximum absolute atomic E-state index is 12.3. The summed E-state index contributed by atoms with van der Waals surface area (Å²) in [5, 5.41) is 0. The quantitative estimate of drug-likeness (QED) is 0.144. The first-order valence-electron chi connectivity index (χ1n) is 12.8. The van der Waals surface area contributed by atoms with Gasteiger partial charge >= 0.3 is 5.97 Å². The van der Waals surface area contributed by atoms with Crippen LogP contribution in [-0.4, -0.2) is 29.2 Å². The van der Waals surface area contributed by atoms with Crippen molar-refractivity contribution in [3.05, 3.63) is 42.2 Å². The maximum atomic E-state index is 12.3. The zero-order valence-electron chi connectivity index (χ0n) is 20.9. The normalized spacial score (nSPS) is 12.0. The van der Waals surface area contributed by atoms with Gasteiger partial charge in [0.2, 0.25) is 0 Å². The lowest BCUT2D eigenvalue weighted by Gasteiger charge is -2.12.